The molecule has 0 aliphatic carbocycles. The third-order valence-electron chi connectivity index (χ3n) is 12.1. The van der Waals surface area contributed by atoms with Gasteiger partial charge in [0.25, 0.3) is 0 Å². The van der Waals surface area contributed by atoms with Crippen LogP contribution >= 0.6 is 0 Å². The van der Waals surface area contributed by atoms with Crippen LogP contribution in [-0.4, -0.2) is 65.8 Å². The first kappa shape index (κ1) is 38.6. The van der Waals surface area contributed by atoms with Crippen molar-refractivity contribution in [1.82, 2.24) is 59.8 Å². The number of benzene rings is 7. The van der Waals surface area contributed by atoms with E-state index in [1.165, 1.54) is 0 Å². The molecule has 0 bridgehead atoms. The van der Waals surface area contributed by atoms with E-state index in [9.17, 15) is 4.79 Å². The van der Waals surface area contributed by atoms with Crippen LogP contribution in [0.3, 0.4) is 0 Å². The Morgan fingerprint density at radius 3 is 1.26 bits per heavy atom. The van der Waals surface area contributed by atoms with Crippen molar-refractivity contribution in [2.75, 3.05) is 10.6 Å². The second kappa shape index (κ2) is 14.9. The van der Waals surface area contributed by atoms with Crippen molar-refractivity contribution in [1.29, 1.82) is 0 Å². The summed E-state index contributed by atoms with van der Waals surface area (Å²) in [6, 6.07) is 40.8. The number of urea groups is 1. The van der Waals surface area contributed by atoms with Gasteiger partial charge in [0.2, 0.25) is 0 Å². The van der Waals surface area contributed by atoms with Gasteiger partial charge in [0.15, 0.2) is 0 Å². The SMILES string of the molecule is C#Cc1ccc(NC(=O)Nc2cc(-c3nc4cc5[nH]c(-c6cccc(C)c6)nc5cc4[nH]3)cc(-c3nc4cc5[nH]c(-c6cccc(-c7nc8cc9[nH]c(C)nc9cc8[nH]7)c6)nc5cc4[nH]3)c2)cc1. The topological polar surface area (TPSA) is 213 Å². The molecule has 7 aromatic carbocycles. The summed E-state index contributed by atoms with van der Waals surface area (Å²) < 4.78 is 0. The van der Waals surface area contributed by atoms with E-state index in [-0.39, 0.29) is 0 Å². The Morgan fingerprint density at radius 2 is 0.809 bits per heavy atom. The summed E-state index contributed by atoms with van der Waals surface area (Å²) in [4.78, 5) is 63.6. The van der Waals surface area contributed by atoms with Gasteiger partial charge in [-0.2, -0.15) is 0 Å². The van der Waals surface area contributed by atoms with Gasteiger partial charge in [-0.3, -0.25) is 0 Å². The molecule has 0 unspecified atom stereocenters. The Balaban J connectivity index is 0.833. The van der Waals surface area contributed by atoms with Crippen molar-refractivity contribution in [2.24, 2.45) is 0 Å². The quantitative estimate of drug-likeness (QED) is 0.0724. The van der Waals surface area contributed by atoms with E-state index >= 15 is 0 Å². The van der Waals surface area contributed by atoms with Gasteiger partial charge in [-0.15, -0.1) is 6.42 Å². The third kappa shape index (κ3) is 6.84. The highest BCUT2D eigenvalue weighted by atomic mass is 16.2. The minimum absolute atomic E-state index is 0.425. The van der Waals surface area contributed by atoms with Gasteiger partial charge in [-0.05, 0) is 105 Å². The molecular formula is C53H36N14O. The number of hydrogen-bond acceptors (Lipinski definition) is 7. The molecule has 0 radical (unpaired) electrons. The van der Waals surface area contributed by atoms with Gasteiger partial charge >= 0.3 is 6.03 Å². The number of imidazole rings is 6. The van der Waals surface area contributed by atoms with Crippen LogP contribution in [0, 0.1) is 26.2 Å². The number of nitrogens with one attached hydrogen (secondary N) is 8. The van der Waals surface area contributed by atoms with E-state index in [0.29, 0.717) is 23.0 Å². The molecule has 15 nitrogen and oxygen atoms in total. The number of amides is 2. The molecule has 15 heteroatoms. The zero-order valence-electron chi connectivity index (χ0n) is 36.3. The molecule has 68 heavy (non-hydrogen) atoms. The summed E-state index contributed by atoms with van der Waals surface area (Å²) in [6.07, 6.45) is 5.54. The number of carbonyl (C=O) groups excluding carboxylic acids is 1. The highest BCUT2D eigenvalue weighted by Gasteiger charge is 2.18. The summed E-state index contributed by atoms with van der Waals surface area (Å²) in [5.41, 5.74) is 17.4. The summed E-state index contributed by atoms with van der Waals surface area (Å²) in [5.74, 6) is 6.94. The van der Waals surface area contributed by atoms with E-state index < -0.39 is 6.03 Å². The van der Waals surface area contributed by atoms with Gasteiger partial charge in [-0.25, -0.2) is 34.7 Å². The lowest BCUT2D eigenvalue weighted by molar-refractivity contribution is 0.262. The van der Waals surface area contributed by atoms with Crippen LogP contribution in [-0.2, 0) is 0 Å². The fraction of sp³-hybridized carbons (Fsp3) is 0.0377. The van der Waals surface area contributed by atoms with Gasteiger partial charge < -0.3 is 40.5 Å². The lowest BCUT2D eigenvalue weighted by atomic mass is 10.1. The predicted molar refractivity (Wildman–Crippen MR) is 268 cm³/mol. The van der Waals surface area contributed by atoms with E-state index in [1.54, 1.807) is 24.3 Å². The van der Waals surface area contributed by atoms with Gasteiger partial charge in [0.05, 0.1) is 66.2 Å². The molecule has 0 atom stereocenters. The number of rotatable bonds is 7. The summed E-state index contributed by atoms with van der Waals surface area (Å²) in [5, 5.41) is 5.91. The first-order valence-corrected chi connectivity index (χ1v) is 21.8. The number of hydrogen-bond donors (Lipinski definition) is 8. The molecule has 0 spiro atoms. The van der Waals surface area contributed by atoms with Crippen LogP contribution in [0.15, 0.2) is 127 Å². The van der Waals surface area contributed by atoms with E-state index in [1.807, 2.05) is 91.9 Å². The molecule has 0 aliphatic heterocycles. The summed E-state index contributed by atoms with van der Waals surface area (Å²) in [6.45, 7) is 4.01. The van der Waals surface area contributed by atoms with Gasteiger partial charge in [0.1, 0.15) is 34.9 Å². The summed E-state index contributed by atoms with van der Waals surface area (Å²) >= 11 is 0. The fourth-order valence-electron chi connectivity index (χ4n) is 8.88. The third-order valence-corrected chi connectivity index (χ3v) is 12.1. The lowest BCUT2D eigenvalue weighted by Gasteiger charge is -2.11. The maximum absolute atomic E-state index is 13.4. The van der Waals surface area contributed by atoms with Crippen molar-refractivity contribution in [3.63, 3.8) is 0 Å². The Morgan fingerprint density at radius 1 is 0.426 bits per heavy atom. The minimum Gasteiger partial charge on any atom is -0.342 e. The van der Waals surface area contributed by atoms with E-state index in [0.717, 1.165) is 128 Å². The van der Waals surface area contributed by atoms with Crippen LogP contribution in [0.2, 0.25) is 0 Å². The van der Waals surface area contributed by atoms with Crippen LogP contribution in [0.4, 0.5) is 16.2 Å². The largest absolute Gasteiger partial charge is 0.342 e. The van der Waals surface area contributed by atoms with E-state index in [4.69, 9.17) is 31.3 Å². The summed E-state index contributed by atoms with van der Waals surface area (Å²) in [7, 11) is 0. The van der Waals surface area contributed by atoms with Crippen molar-refractivity contribution in [3.05, 3.63) is 144 Å². The molecule has 6 heterocycles. The van der Waals surface area contributed by atoms with Gasteiger partial charge in [-0.1, -0.05) is 47.9 Å². The molecule has 0 fully saturated rings. The van der Waals surface area contributed by atoms with Gasteiger partial charge in [0, 0.05) is 44.8 Å². The molecule has 13 rings (SSSR count). The average Bonchev–Trinajstić information content (AvgIpc) is 4.21. The Kier molecular flexibility index (Phi) is 8.45. The molecule has 324 valence electrons. The number of H-pyrrole nitrogens is 6. The van der Waals surface area contributed by atoms with E-state index in [2.05, 4.69) is 76.6 Å². The lowest BCUT2D eigenvalue weighted by Crippen LogP contribution is -2.19. The number of nitrogens with zero attached hydrogens (tertiary/aromatic N) is 6. The number of aromatic amines is 6. The monoisotopic (exact) mass is 884 g/mol. The highest BCUT2D eigenvalue weighted by molar-refractivity contribution is 6.01. The molecule has 0 saturated carbocycles. The van der Waals surface area contributed by atoms with Crippen LogP contribution < -0.4 is 10.6 Å². The first-order valence-electron chi connectivity index (χ1n) is 21.8. The number of anilines is 2. The number of carbonyl (C=O) groups is 1. The molecule has 2 amide bonds. The normalized spacial score (nSPS) is 11.7. The van der Waals surface area contributed by atoms with Crippen molar-refractivity contribution >= 4 is 83.6 Å². The minimum atomic E-state index is -0.425. The number of fused-ring (bicyclic) bond motifs is 6. The average molecular weight is 885 g/mol. The second-order valence-electron chi connectivity index (χ2n) is 17.0. The highest BCUT2D eigenvalue weighted by Crippen LogP contribution is 2.34. The Hall–Kier alpha value is -9.81. The van der Waals surface area contributed by atoms with Crippen LogP contribution in [0.25, 0.3) is 123 Å². The fourth-order valence-corrected chi connectivity index (χ4v) is 8.88. The number of aryl methyl sites for hydroxylation is 2. The maximum atomic E-state index is 13.4. The predicted octanol–water partition coefficient (Wildman–Crippen LogP) is 11.5. The maximum Gasteiger partial charge on any atom is 0.323 e. The molecule has 0 saturated heterocycles. The van der Waals surface area contributed by atoms with Crippen LogP contribution in [0.5, 0.6) is 0 Å². The standard InChI is InChI=1S/C53H36N14O/c1-4-28-11-13-34(14-12-28)56-53(68)57-35-18-32(51-64-44-22-40-41(23-45(44)65-51)59-48(58-40)29-8-5-7-26(2)15-29)17-33(19-35)52-66-46-24-42-43(25-47(46)67-52)63-50(62-42)31-10-6-9-30(16-31)49-60-38-20-36-37(21-39(38)61-49)55-27(3)54-36/h1,5-25H,2-3H3,(H,54,55)(H,58,59)(H,60,61)(H,62,63)(H,64,65)(H,66,67)(H2,56,57,68). The number of aromatic nitrogens is 12. The molecule has 8 N–H and O–H groups in total. The number of terminal acetylenes is 1. The second-order valence-corrected chi connectivity index (χ2v) is 17.0. The zero-order valence-corrected chi connectivity index (χ0v) is 36.3. The molecule has 13 aromatic rings. The Labute approximate surface area is 385 Å². The van der Waals surface area contributed by atoms with Crippen molar-refractivity contribution < 1.29 is 4.79 Å². The van der Waals surface area contributed by atoms with Crippen molar-refractivity contribution in [2.45, 2.75) is 13.8 Å². The Bertz CT molecular complexity index is 4070. The smallest absolute Gasteiger partial charge is 0.323 e. The zero-order chi connectivity index (χ0) is 45.6. The van der Waals surface area contributed by atoms with Crippen molar-refractivity contribution in [3.8, 4) is 69.3 Å². The first-order chi connectivity index (χ1) is 33.2. The molecule has 0 aliphatic rings. The van der Waals surface area contributed by atoms with Crippen LogP contribution in [0.1, 0.15) is 17.0 Å². The molecular weight excluding hydrogens is 849 g/mol. The molecule has 6 aromatic heterocycles.